The van der Waals surface area contributed by atoms with Gasteiger partial charge >= 0.3 is 0 Å². The lowest BCUT2D eigenvalue weighted by Crippen LogP contribution is -2.25. The molecule has 0 aliphatic carbocycles. The molecule has 1 aromatic heterocycles. The van der Waals surface area contributed by atoms with E-state index in [0.717, 1.165) is 36.5 Å². The lowest BCUT2D eigenvalue weighted by molar-refractivity contribution is 0.171. The monoisotopic (exact) mass is 335 g/mol. The lowest BCUT2D eigenvalue weighted by atomic mass is 10.1. The van der Waals surface area contributed by atoms with Crippen LogP contribution in [0.3, 0.4) is 0 Å². The van der Waals surface area contributed by atoms with Gasteiger partial charge in [-0.15, -0.1) is 0 Å². The van der Waals surface area contributed by atoms with Gasteiger partial charge in [-0.3, -0.25) is 0 Å². The number of aryl methyl sites for hydroxylation is 1. The molecule has 6 heteroatoms. The summed E-state index contributed by atoms with van der Waals surface area (Å²) in [5.74, 6) is 2.47. The zero-order chi connectivity index (χ0) is 16.2. The van der Waals surface area contributed by atoms with Crippen LogP contribution in [0, 0.1) is 0 Å². The summed E-state index contributed by atoms with van der Waals surface area (Å²) in [6, 6.07) is 4.23. The van der Waals surface area contributed by atoms with E-state index in [0.29, 0.717) is 24.0 Å². The van der Waals surface area contributed by atoms with E-state index in [1.807, 2.05) is 31.6 Å². The SMILES string of the molecule is CC[C@H](NCCc1cc(Cl)c2c(c1)OCCO2)c1nccn1C. The molecular formula is C17H22ClN3O2. The highest BCUT2D eigenvalue weighted by molar-refractivity contribution is 6.32. The number of ether oxygens (including phenoxy) is 2. The maximum atomic E-state index is 6.28. The molecule has 0 saturated carbocycles. The third-order valence-electron chi connectivity index (χ3n) is 4.04. The molecule has 0 bridgehead atoms. The van der Waals surface area contributed by atoms with E-state index in [-0.39, 0.29) is 6.04 Å². The second kappa shape index (κ2) is 7.23. The Hall–Kier alpha value is -1.72. The summed E-state index contributed by atoms with van der Waals surface area (Å²) in [6.45, 7) is 4.13. The van der Waals surface area contributed by atoms with Crippen LogP contribution in [0.2, 0.25) is 5.02 Å². The minimum atomic E-state index is 0.252. The largest absolute Gasteiger partial charge is 0.486 e. The maximum Gasteiger partial charge on any atom is 0.179 e. The number of imidazole rings is 1. The highest BCUT2D eigenvalue weighted by Crippen LogP contribution is 2.38. The molecule has 0 fully saturated rings. The number of fused-ring (bicyclic) bond motifs is 1. The van der Waals surface area contributed by atoms with Crippen molar-refractivity contribution in [2.45, 2.75) is 25.8 Å². The first-order valence-electron chi connectivity index (χ1n) is 7.97. The van der Waals surface area contributed by atoms with Gasteiger partial charge in [-0.2, -0.15) is 0 Å². The molecule has 0 spiro atoms. The van der Waals surface area contributed by atoms with E-state index in [2.05, 4.69) is 21.8 Å². The summed E-state index contributed by atoms with van der Waals surface area (Å²) in [5, 5.41) is 4.18. The average molecular weight is 336 g/mol. The molecule has 0 saturated heterocycles. The zero-order valence-electron chi connectivity index (χ0n) is 13.5. The first-order chi connectivity index (χ1) is 11.2. The Morgan fingerprint density at radius 3 is 2.91 bits per heavy atom. The summed E-state index contributed by atoms with van der Waals surface area (Å²) < 4.78 is 13.2. The van der Waals surface area contributed by atoms with Gasteiger partial charge in [0.1, 0.15) is 19.0 Å². The second-order valence-corrected chi connectivity index (χ2v) is 6.07. The van der Waals surface area contributed by atoms with Gasteiger partial charge in [-0.05, 0) is 37.1 Å². The summed E-state index contributed by atoms with van der Waals surface area (Å²) >= 11 is 6.28. The van der Waals surface area contributed by atoms with Gasteiger partial charge in [-0.25, -0.2) is 4.98 Å². The maximum absolute atomic E-state index is 6.28. The van der Waals surface area contributed by atoms with E-state index in [9.17, 15) is 0 Å². The van der Waals surface area contributed by atoms with Gasteiger partial charge in [0.15, 0.2) is 11.5 Å². The minimum absolute atomic E-state index is 0.252. The van der Waals surface area contributed by atoms with Crippen molar-refractivity contribution in [2.24, 2.45) is 7.05 Å². The second-order valence-electron chi connectivity index (χ2n) is 5.66. The third kappa shape index (κ3) is 3.62. The van der Waals surface area contributed by atoms with Crippen molar-refractivity contribution in [3.05, 3.63) is 40.9 Å². The Bertz CT molecular complexity index is 672. The first-order valence-corrected chi connectivity index (χ1v) is 8.35. The minimum Gasteiger partial charge on any atom is -0.486 e. The van der Waals surface area contributed by atoms with Crippen molar-refractivity contribution in [3.63, 3.8) is 0 Å². The number of hydrogen-bond acceptors (Lipinski definition) is 4. The van der Waals surface area contributed by atoms with Crippen molar-refractivity contribution in [1.82, 2.24) is 14.9 Å². The number of benzene rings is 1. The molecule has 2 aromatic rings. The predicted octanol–water partition coefficient (Wildman–Crippen LogP) is 3.13. The number of rotatable bonds is 6. The molecule has 3 rings (SSSR count). The molecular weight excluding hydrogens is 314 g/mol. The Labute approximate surface area is 141 Å². The molecule has 124 valence electrons. The van der Waals surface area contributed by atoms with Gasteiger partial charge in [0.05, 0.1) is 11.1 Å². The van der Waals surface area contributed by atoms with Crippen molar-refractivity contribution in [3.8, 4) is 11.5 Å². The van der Waals surface area contributed by atoms with Crippen LogP contribution >= 0.6 is 11.6 Å². The Kier molecular flexibility index (Phi) is 5.08. The summed E-state index contributed by atoms with van der Waals surface area (Å²) in [7, 11) is 2.02. The highest BCUT2D eigenvalue weighted by Gasteiger charge is 2.17. The average Bonchev–Trinajstić information content (AvgIpc) is 2.98. The van der Waals surface area contributed by atoms with Crippen LogP contribution in [-0.4, -0.2) is 29.3 Å². The smallest absolute Gasteiger partial charge is 0.179 e. The number of nitrogens with one attached hydrogen (secondary N) is 1. The summed E-state index contributed by atoms with van der Waals surface area (Å²) in [5.41, 5.74) is 1.14. The first kappa shape index (κ1) is 16.1. The normalized spacial score (nSPS) is 14.7. The Balaban J connectivity index is 1.62. The van der Waals surface area contributed by atoms with Crippen LogP contribution in [0.4, 0.5) is 0 Å². The fraction of sp³-hybridized carbons (Fsp3) is 0.471. The van der Waals surface area contributed by atoms with E-state index in [1.54, 1.807) is 0 Å². The van der Waals surface area contributed by atoms with Gasteiger partial charge in [0.2, 0.25) is 0 Å². The number of aromatic nitrogens is 2. The number of hydrogen-bond donors (Lipinski definition) is 1. The van der Waals surface area contributed by atoms with Gasteiger partial charge < -0.3 is 19.4 Å². The molecule has 1 aliphatic rings. The van der Waals surface area contributed by atoms with E-state index in [1.165, 1.54) is 0 Å². The molecule has 0 amide bonds. The number of nitrogens with zero attached hydrogens (tertiary/aromatic N) is 2. The molecule has 1 aromatic carbocycles. The van der Waals surface area contributed by atoms with Gasteiger partial charge in [-0.1, -0.05) is 18.5 Å². The molecule has 23 heavy (non-hydrogen) atoms. The fourth-order valence-electron chi connectivity index (χ4n) is 2.83. The zero-order valence-corrected chi connectivity index (χ0v) is 14.3. The fourth-order valence-corrected chi connectivity index (χ4v) is 3.12. The van der Waals surface area contributed by atoms with E-state index >= 15 is 0 Å². The molecule has 5 nitrogen and oxygen atoms in total. The van der Waals surface area contributed by atoms with Crippen molar-refractivity contribution >= 4 is 11.6 Å². The van der Waals surface area contributed by atoms with Crippen LogP contribution in [0.25, 0.3) is 0 Å². The molecule has 2 heterocycles. The van der Waals surface area contributed by atoms with Crippen molar-refractivity contribution in [2.75, 3.05) is 19.8 Å². The van der Waals surface area contributed by atoms with E-state index < -0.39 is 0 Å². The number of halogens is 1. The molecule has 0 unspecified atom stereocenters. The highest BCUT2D eigenvalue weighted by atomic mass is 35.5. The predicted molar refractivity (Wildman–Crippen MR) is 90.4 cm³/mol. The lowest BCUT2D eigenvalue weighted by Gasteiger charge is -2.21. The Morgan fingerprint density at radius 1 is 1.35 bits per heavy atom. The van der Waals surface area contributed by atoms with Crippen molar-refractivity contribution < 1.29 is 9.47 Å². The summed E-state index contributed by atoms with van der Waals surface area (Å²) in [4.78, 5) is 4.43. The van der Waals surface area contributed by atoms with Crippen LogP contribution < -0.4 is 14.8 Å². The summed E-state index contributed by atoms with van der Waals surface area (Å²) in [6.07, 6.45) is 5.67. The van der Waals surface area contributed by atoms with Crippen LogP contribution in [0.15, 0.2) is 24.5 Å². The molecule has 0 radical (unpaired) electrons. The topological polar surface area (TPSA) is 48.3 Å². The van der Waals surface area contributed by atoms with Gasteiger partial charge in [0.25, 0.3) is 0 Å². The van der Waals surface area contributed by atoms with Crippen LogP contribution in [-0.2, 0) is 13.5 Å². The molecule has 1 N–H and O–H groups in total. The quantitative estimate of drug-likeness (QED) is 0.881. The van der Waals surface area contributed by atoms with Crippen LogP contribution in [0.5, 0.6) is 11.5 Å². The van der Waals surface area contributed by atoms with Crippen LogP contribution in [0.1, 0.15) is 30.8 Å². The molecule has 1 atom stereocenters. The molecule has 1 aliphatic heterocycles. The van der Waals surface area contributed by atoms with E-state index in [4.69, 9.17) is 21.1 Å². The van der Waals surface area contributed by atoms with Crippen molar-refractivity contribution in [1.29, 1.82) is 0 Å². The standard InChI is InChI=1S/C17H22ClN3O2/c1-3-14(17-20-6-7-21(17)2)19-5-4-12-10-13(18)16-15(11-12)22-8-9-23-16/h6-7,10-11,14,19H,3-5,8-9H2,1-2H3/t14-/m0/s1. The third-order valence-corrected chi connectivity index (χ3v) is 4.32. The van der Waals surface area contributed by atoms with Gasteiger partial charge in [0, 0.05) is 19.4 Å². The Morgan fingerprint density at radius 2 is 2.17 bits per heavy atom.